The number of nitrogens with one attached hydrogen (secondary N) is 1. The molecule has 0 saturated heterocycles. The third-order valence-corrected chi connectivity index (χ3v) is 5.65. The van der Waals surface area contributed by atoms with Crippen LogP contribution >= 0.6 is 11.8 Å². The van der Waals surface area contributed by atoms with Crippen LogP contribution in [0.25, 0.3) is 5.69 Å². The van der Waals surface area contributed by atoms with E-state index < -0.39 is 0 Å². The summed E-state index contributed by atoms with van der Waals surface area (Å²) in [6.07, 6.45) is 1.09. The van der Waals surface area contributed by atoms with E-state index in [0.717, 1.165) is 23.4 Å². The Balaban J connectivity index is 1.62. The molecule has 0 aliphatic rings. The second kappa shape index (κ2) is 9.01. The van der Waals surface area contributed by atoms with Crippen LogP contribution in [0.4, 0.5) is 5.69 Å². The first-order chi connectivity index (χ1) is 13.5. The van der Waals surface area contributed by atoms with Gasteiger partial charge in [0.15, 0.2) is 0 Å². The fraction of sp³-hybridized carbons (Fsp3) is 0.333. The molecule has 0 aliphatic heterocycles. The van der Waals surface area contributed by atoms with Crippen LogP contribution in [0.15, 0.2) is 47.6 Å². The molecule has 1 aromatic heterocycles. The summed E-state index contributed by atoms with van der Waals surface area (Å²) in [5.41, 5.74) is 5.26. The molecule has 3 aromatic rings. The Kier molecular flexibility index (Phi) is 6.46. The van der Waals surface area contributed by atoms with E-state index in [4.69, 9.17) is 0 Å². The Bertz CT molecular complexity index is 952. The fourth-order valence-corrected chi connectivity index (χ4v) is 3.60. The first kappa shape index (κ1) is 20.1. The number of aromatic nitrogens is 4. The van der Waals surface area contributed by atoms with Gasteiger partial charge in [0, 0.05) is 5.69 Å². The largest absolute Gasteiger partial charge is 0.325 e. The number of carbonyl (C=O) groups is 1. The monoisotopic (exact) mass is 395 g/mol. The normalized spacial score (nSPS) is 12.0. The second-order valence-electron chi connectivity index (χ2n) is 6.93. The Morgan fingerprint density at radius 1 is 1.18 bits per heavy atom. The lowest BCUT2D eigenvalue weighted by Gasteiger charge is -2.11. The summed E-state index contributed by atoms with van der Waals surface area (Å²) < 4.78 is 1.67. The van der Waals surface area contributed by atoms with Crippen molar-refractivity contribution in [1.82, 2.24) is 20.2 Å². The number of nitrogens with zero attached hydrogens (tertiary/aromatic N) is 4. The molecule has 1 N–H and O–H groups in total. The van der Waals surface area contributed by atoms with Crippen molar-refractivity contribution in [2.75, 3.05) is 11.1 Å². The number of amides is 1. The molecule has 1 amide bonds. The third-order valence-electron chi connectivity index (χ3n) is 4.73. The summed E-state index contributed by atoms with van der Waals surface area (Å²) in [5.74, 6) is 0.666. The van der Waals surface area contributed by atoms with Crippen molar-refractivity contribution in [3.05, 3.63) is 59.2 Å². The van der Waals surface area contributed by atoms with Gasteiger partial charge in [-0.05, 0) is 65.9 Å². The highest BCUT2D eigenvalue weighted by Gasteiger charge is 2.13. The van der Waals surface area contributed by atoms with Gasteiger partial charge in [0.05, 0.1) is 11.4 Å². The number of thioether (sulfide) groups is 1. The second-order valence-corrected chi connectivity index (χ2v) is 7.87. The summed E-state index contributed by atoms with van der Waals surface area (Å²) in [6, 6.07) is 14.1. The van der Waals surface area contributed by atoms with Crippen molar-refractivity contribution >= 4 is 23.4 Å². The van der Waals surface area contributed by atoms with Gasteiger partial charge >= 0.3 is 0 Å². The number of anilines is 1. The molecule has 0 saturated carbocycles. The van der Waals surface area contributed by atoms with E-state index >= 15 is 0 Å². The van der Waals surface area contributed by atoms with Crippen molar-refractivity contribution in [3.63, 3.8) is 0 Å². The van der Waals surface area contributed by atoms with Gasteiger partial charge in [0.25, 0.3) is 0 Å². The maximum absolute atomic E-state index is 12.3. The molecule has 28 heavy (non-hydrogen) atoms. The Hall–Kier alpha value is -2.67. The molecule has 146 valence electrons. The van der Waals surface area contributed by atoms with Gasteiger partial charge in [-0.1, -0.05) is 55.4 Å². The number of aryl methyl sites for hydroxylation is 2. The highest BCUT2D eigenvalue weighted by Crippen LogP contribution is 2.23. The Morgan fingerprint density at radius 3 is 2.61 bits per heavy atom. The van der Waals surface area contributed by atoms with Crippen LogP contribution < -0.4 is 5.32 Å². The zero-order valence-corrected chi connectivity index (χ0v) is 17.5. The fourth-order valence-electron chi connectivity index (χ4n) is 2.92. The minimum absolute atomic E-state index is 0.0866. The summed E-state index contributed by atoms with van der Waals surface area (Å²) in [6.45, 7) is 8.44. The summed E-state index contributed by atoms with van der Waals surface area (Å²) in [7, 11) is 0. The number of hydrogen-bond acceptors (Lipinski definition) is 5. The van der Waals surface area contributed by atoms with Gasteiger partial charge < -0.3 is 5.32 Å². The standard InChI is InChI=1S/C21H25N5OS/c1-5-15(3)17-7-9-18(10-8-17)22-20(27)13-28-21-23-24-25-26(21)19-11-6-14(2)12-16(19)4/h6-12,15H,5,13H2,1-4H3,(H,22,27)/t15-/m1/s1. The topological polar surface area (TPSA) is 72.7 Å². The quantitative estimate of drug-likeness (QED) is 0.595. The van der Waals surface area contributed by atoms with Gasteiger partial charge in [0.1, 0.15) is 0 Å². The molecule has 6 nitrogen and oxygen atoms in total. The van der Waals surface area contributed by atoms with Gasteiger partial charge in [-0.25, -0.2) is 0 Å². The van der Waals surface area contributed by atoms with E-state index in [-0.39, 0.29) is 11.7 Å². The lowest BCUT2D eigenvalue weighted by molar-refractivity contribution is -0.113. The predicted molar refractivity (Wildman–Crippen MR) is 113 cm³/mol. The van der Waals surface area contributed by atoms with Crippen LogP contribution in [0.2, 0.25) is 0 Å². The third kappa shape index (κ3) is 4.78. The van der Waals surface area contributed by atoms with Gasteiger partial charge in [-0.2, -0.15) is 4.68 Å². The van der Waals surface area contributed by atoms with E-state index in [9.17, 15) is 4.79 Å². The zero-order valence-electron chi connectivity index (χ0n) is 16.6. The summed E-state index contributed by atoms with van der Waals surface area (Å²) in [5, 5.41) is 15.4. The number of tetrazole rings is 1. The zero-order chi connectivity index (χ0) is 20.1. The smallest absolute Gasteiger partial charge is 0.234 e. The molecule has 2 aromatic carbocycles. The molecular formula is C21H25N5OS. The maximum Gasteiger partial charge on any atom is 0.234 e. The van der Waals surface area contributed by atoms with Gasteiger partial charge in [-0.3, -0.25) is 4.79 Å². The number of benzene rings is 2. The molecule has 3 rings (SSSR count). The molecule has 0 unspecified atom stereocenters. The highest BCUT2D eigenvalue weighted by atomic mass is 32.2. The van der Waals surface area contributed by atoms with Gasteiger partial charge in [-0.15, -0.1) is 5.10 Å². The van der Waals surface area contributed by atoms with E-state index in [1.807, 2.05) is 38.1 Å². The highest BCUT2D eigenvalue weighted by molar-refractivity contribution is 7.99. The van der Waals surface area contributed by atoms with Crippen molar-refractivity contribution in [2.45, 2.75) is 45.2 Å². The molecular weight excluding hydrogens is 370 g/mol. The molecule has 0 bridgehead atoms. The van der Waals surface area contributed by atoms with Crippen molar-refractivity contribution < 1.29 is 4.79 Å². The van der Waals surface area contributed by atoms with E-state index in [1.54, 1.807) is 4.68 Å². The number of rotatable bonds is 7. The van der Waals surface area contributed by atoms with Crippen molar-refractivity contribution in [3.8, 4) is 5.69 Å². The van der Waals surface area contributed by atoms with E-state index in [1.165, 1.54) is 22.9 Å². The van der Waals surface area contributed by atoms with Crippen LogP contribution in [0, 0.1) is 13.8 Å². The molecule has 1 heterocycles. The van der Waals surface area contributed by atoms with Crippen LogP contribution in [0.5, 0.6) is 0 Å². The Labute approximate surface area is 169 Å². The number of hydrogen-bond donors (Lipinski definition) is 1. The average Bonchev–Trinajstić information content (AvgIpc) is 3.14. The SMILES string of the molecule is CC[C@@H](C)c1ccc(NC(=O)CSc2nnnn2-c2ccc(C)cc2C)cc1. The van der Waals surface area contributed by atoms with Crippen LogP contribution in [0.3, 0.4) is 0 Å². The summed E-state index contributed by atoms with van der Waals surface area (Å²) in [4.78, 5) is 12.3. The first-order valence-electron chi connectivity index (χ1n) is 9.36. The minimum Gasteiger partial charge on any atom is -0.325 e. The molecule has 0 radical (unpaired) electrons. The van der Waals surface area contributed by atoms with Crippen LogP contribution in [-0.2, 0) is 4.79 Å². The maximum atomic E-state index is 12.3. The summed E-state index contributed by atoms with van der Waals surface area (Å²) >= 11 is 1.32. The molecule has 7 heteroatoms. The minimum atomic E-state index is -0.0866. The molecule has 0 fully saturated rings. The van der Waals surface area contributed by atoms with E-state index in [2.05, 4.69) is 52.9 Å². The predicted octanol–water partition coefficient (Wildman–Crippen LogP) is 4.52. The molecule has 1 atom stereocenters. The van der Waals surface area contributed by atoms with Crippen LogP contribution in [-0.4, -0.2) is 31.9 Å². The molecule has 0 aliphatic carbocycles. The van der Waals surface area contributed by atoms with Crippen molar-refractivity contribution in [2.24, 2.45) is 0 Å². The lowest BCUT2D eigenvalue weighted by Crippen LogP contribution is -2.14. The lowest BCUT2D eigenvalue weighted by atomic mass is 9.99. The number of carbonyl (C=O) groups excluding carboxylic acids is 1. The molecule has 0 spiro atoms. The van der Waals surface area contributed by atoms with Gasteiger partial charge in [0.2, 0.25) is 11.1 Å². The van der Waals surface area contributed by atoms with Crippen LogP contribution in [0.1, 0.15) is 42.9 Å². The van der Waals surface area contributed by atoms with E-state index in [0.29, 0.717) is 11.1 Å². The average molecular weight is 396 g/mol. The Morgan fingerprint density at radius 2 is 1.93 bits per heavy atom. The van der Waals surface area contributed by atoms with Crippen molar-refractivity contribution in [1.29, 1.82) is 0 Å². The first-order valence-corrected chi connectivity index (χ1v) is 10.3.